The van der Waals surface area contributed by atoms with Gasteiger partial charge in [0.15, 0.2) is 0 Å². The maximum Gasteiger partial charge on any atom is 0.253 e. The first kappa shape index (κ1) is 24.2. The average molecular weight is 467 g/mol. The molecule has 3 rings (SSSR count). The first-order valence-corrected chi connectivity index (χ1v) is 12.0. The molecule has 3 aromatic carbocycles. The molecule has 0 atom stereocenters. The smallest absolute Gasteiger partial charge is 0.253 e. The summed E-state index contributed by atoms with van der Waals surface area (Å²) in [5, 5.41) is -1.14. The molecule has 0 aromatic heterocycles. The highest BCUT2D eigenvalue weighted by atomic mass is 35.5. The zero-order valence-electron chi connectivity index (χ0n) is 18.4. The van der Waals surface area contributed by atoms with Crippen molar-refractivity contribution >= 4 is 33.7 Å². The van der Waals surface area contributed by atoms with Crippen molar-refractivity contribution in [1.29, 1.82) is 0 Å². The summed E-state index contributed by atoms with van der Waals surface area (Å²) in [6.45, 7) is 2.24. The van der Waals surface area contributed by atoms with Crippen LogP contribution in [0, 0.1) is 0 Å². The molecule has 0 aliphatic rings. The molecule has 4 heteroatoms. The molecule has 0 spiro atoms. The number of aryl methyl sites for hydroxylation is 1. The van der Waals surface area contributed by atoms with Gasteiger partial charge in [0.25, 0.3) is 10.5 Å². The normalized spacial score (nSPS) is 10.8. The van der Waals surface area contributed by atoms with Crippen molar-refractivity contribution in [2.24, 2.45) is 0 Å². The molecule has 32 heavy (non-hydrogen) atoms. The van der Waals surface area contributed by atoms with E-state index in [1.807, 2.05) is 24.3 Å². The van der Waals surface area contributed by atoms with Crippen LogP contribution in [0.1, 0.15) is 71.7 Å². The summed E-state index contributed by atoms with van der Waals surface area (Å²) in [5.74, 6) is 0. The molecule has 166 valence electrons. The third-order valence-corrected chi connectivity index (χ3v) is 6.18. The van der Waals surface area contributed by atoms with Gasteiger partial charge in [-0.25, -0.2) is 0 Å². The molecular weight excluding hydrogens is 439 g/mol. The highest BCUT2D eigenvalue weighted by Gasteiger charge is 2.14. The first-order valence-electron chi connectivity index (χ1n) is 11.2. The second kappa shape index (κ2) is 12.0. The standard InChI is InChI=1S/C28H28Cl2O2/c1-2-3-4-5-6-7-8-20-9-11-21(12-10-20)22-13-15-23(16-14-22)26-19-24(27(29)31)17-18-25(26)28(30)32/h9-19H,2-8H2,1H3. The van der Waals surface area contributed by atoms with Gasteiger partial charge in [-0.3, -0.25) is 9.59 Å². The zero-order valence-corrected chi connectivity index (χ0v) is 19.9. The molecule has 0 amide bonds. The minimum Gasteiger partial charge on any atom is -0.276 e. The van der Waals surface area contributed by atoms with E-state index in [4.69, 9.17) is 23.2 Å². The van der Waals surface area contributed by atoms with Crippen LogP contribution in [-0.4, -0.2) is 10.5 Å². The number of carbonyl (C=O) groups excluding carboxylic acids is 2. The lowest BCUT2D eigenvalue weighted by molar-refractivity contribution is 0.107. The topological polar surface area (TPSA) is 34.1 Å². The van der Waals surface area contributed by atoms with Crippen molar-refractivity contribution in [2.75, 3.05) is 0 Å². The van der Waals surface area contributed by atoms with Gasteiger partial charge < -0.3 is 0 Å². The fourth-order valence-electron chi connectivity index (χ4n) is 3.89. The molecule has 0 aliphatic heterocycles. The Morgan fingerprint density at radius 2 is 1.22 bits per heavy atom. The summed E-state index contributed by atoms with van der Waals surface area (Å²) in [6.07, 6.45) is 8.96. The lowest BCUT2D eigenvalue weighted by Crippen LogP contribution is -1.97. The molecule has 0 saturated carbocycles. The SMILES string of the molecule is CCCCCCCCc1ccc(-c2ccc(-c3cc(C(=O)Cl)ccc3C(=O)Cl)cc2)cc1. The molecule has 2 nitrogen and oxygen atoms in total. The zero-order chi connectivity index (χ0) is 22.9. The number of hydrogen-bond acceptors (Lipinski definition) is 2. The average Bonchev–Trinajstić information content (AvgIpc) is 2.81. The van der Waals surface area contributed by atoms with Gasteiger partial charge in [0.2, 0.25) is 0 Å². The number of benzene rings is 3. The van der Waals surface area contributed by atoms with E-state index in [0.29, 0.717) is 16.7 Å². The fourth-order valence-corrected chi connectivity index (χ4v) is 4.17. The number of carbonyl (C=O) groups is 2. The van der Waals surface area contributed by atoms with E-state index in [9.17, 15) is 9.59 Å². The van der Waals surface area contributed by atoms with E-state index in [1.165, 1.54) is 56.2 Å². The highest BCUT2D eigenvalue weighted by Crippen LogP contribution is 2.30. The summed E-state index contributed by atoms with van der Waals surface area (Å²) in [5.41, 5.74) is 5.67. The number of hydrogen-bond donors (Lipinski definition) is 0. The molecule has 0 bridgehead atoms. The van der Waals surface area contributed by atoms with E-state index >= 15 is 0 Å². The first-order chi connectivity index (χ1) is 15.5. The maximum absolute atomic E-state index is 11.8. The largest absolute Gasteiger partial charge is 0.276 e. The summed E-state index contributed by atoms with van der Waals surface area (Å²) in [6, 6.07) is 21.3. The van der Waals surface area contributed by atoms with Crippen LogP contribution in [0.3, 0.4) is 0 Å². The van der Waals surface area contributed by atoms with Gasteiger partial charge in [-0.15, -0.1) is 0 Å². The van der Waals surface area contributed by atoms with Gasteiger partial charge >= 0.3 is 0 Å². The lowest BCUT2D eigenvalue weighted by Gasteiger charge is -2.10. The van der Waals surface area contributed by atoms with Gasteiger partial charge in [-0.1, -0.05) is 87.6 Å². The van der Waals surface area contributed by atoms with Crippen molar-refractivity contribution in [2.45, 2.75) is 51.9 Å². The van der Waals surface area contributed by atoms with Crippen molar-refractivity contribution in [3.63, 3.8) is 0 Å². The monoisotopic (exact) mass is 466 g/mol. The van der Waals surface area contributed by atoms with Crippen LogP contribution in [0.5, 0.6) is 0 Å². The molecule has 3 aromatic rings. The third-order valence-electron chi connectivity index (χ3n) is 5.76. The van der Waals surface area contributed by atoms with Crippen LogP contribution >= 0.6 is 23.2 Å². The Morgan fingerprint density at radius 1 is 0.656 bits per heavy atom. The van der Waals surface area contributed by atoms with Crippen LogP contribution in [-0.2, 0) is 6.42 Å². The number of halogens is 2. The Labute approximate surface area is 200 Å². The van der Waals surface area contributed by atoms with Crippen molar-refractivity contribution in [1.82, 2.24) is 0 Å². The number of unbranched alkanes of at least 4 members (excludes halogenated alkanes) is 5. The molecule has 0 fully saturated rings. The fraction of sp³-hybridized carbons (Fsp3) is 0.286. The minimum atomic E-state index is -0.572. The quantitative estimate of drug-likeness (QED) is 0.209. The Kier molecular flexibility index (Phi) is 9.08. The Balaban J connectivity index is 1.70. The molecule has 0 aliphatic carbocycles. The van der Waals surface area contributed by atoms with E-state index in [2.05, 4.69) is 31.2 Å². The molecule has 0 radical (unpaired) electrons. The third kappa shape index (κ3) is 6.54. The van der Waals surface area contributed by atoms with Gasteiger partial charge in [-0.05, 0) is 82.1 Å². The molecule has 0 heterocycles. The molecule has 0 unspecified atom stereocenters. The van der Waals surface area contributed by atoms with Crippen LogP contribution in [0.15, 0.2) is 66.7 Å². The van der Waals surface area contributed by atoms with Crippen LogP contribution in [0.2, 0.25) is 0 Å². The van der Waals surface area contributed by atoms with E-state index in [-0.39, 0.29) is 0 Å². The van der Waals surface area contributed by atoms with E-state index in [0.717, 1.165) is 23.1 Å². The van der Waals surface area contributed by atoms with E-state index in [1.54, 1.807) is 6.07 Å². The van der Waals surface area contributed by atoms with Gasteiger partial charge in [0.05, 0.1) is 0 Å². The highest BCUT2D eigenvalue weighted by molar-refractivity contribution is 6.69. The summed E-state index contributed by atoms with van der Waals surface area (Å²) < 4.78 is 0. The van der Waals surface area contributed by atoms with Crippen LogP contribution in [0.25, 0.3) is 22.3 Å². The number of rotatable bonds is 11. The summed E-state index contributed by atoms with van der Waals surface area (Å²) in [7, 11) is 0. The van der Waals surface area contributed by atoms with Gasteiger partial charge in [-0.2, -0.15) is 0 Å². The second-order valence-electron chi connectivity index (χ2n) is 8.10. The summed E-state index contributed by atoms with van der Waals surface area (Å²) in [4.78, 5) is 23.4. The molecule has 0 saturated heterocycles. The Hall–Kier alpha value is -2.42. The second-order valence-corrected chi connectivity index (χ2v) is 8.79. The maximum atomic E-state index is 11.8. The minimum absolute atomic E-state index is 0.327. The molecular formula is C28H28Cl2O2. The van der Waals surface area contributed by atoms with Crippen molar-refractivity contribution in [3.8, 4) is 22.3 Å². The lowest BCUT2D eigenvalue weighted by atomic mass is 9.95. The van der Waals surface area contributed by atoms with E-state index < -0.39 is 10.5 Å². The predicted molar refractivity (Wildman–Crippen MR) is 135 cm³/mol. The van der Waals surface area contributed by atoms with Crippen molar-refractivity contribution in [3.05, 3.63) is 83.4 Å². The van der Waals surface area contributed by atoms with Crippen LogP contribution in [0.4, 0.5) is 0 Å². The molecule has 0 N–H and O–H groups in total. The van der Waals surface area contributed by atoms with Gasteiger partial charge in [0.1, 0.15) is 0 Å². The predicted octanol–water partition coefficient (Wildman–Crippen LogP) is 8.68. The van der Waals surface area contributed by atoms with Gasteiger partial charge in [0, 0.05) is 11.1 Å². The Bertz CT molecular complexity index is 1050. The Morgan fingerprint density at radius 3 is 1.81 bits per heavy atom. The van der Waals surface area contributed by atoms with Crippen LogP contribution < -0.4 is 0 Å². The van der Waals surface area contributed by atoms with Crippen molar-refractivity contribution < 1.29 is 9.59 Å². The summed E-state index contributed by atoms with van der Waals surface area (Å²) >= 11 is 11.4.